The summed E-state index contributed by atoms with van der Waals surface area (Å²) in [5.41, 5.74) is 0.868. The molecule has 1 rings (SSSR count). The van der Waals surface area contributed by atoms with Gasteiger partial charge in [0.25, 0.3) is 0 Å². The highest BCUT2D eigenvalue weighted by molar-refractivity contribution is 5.45. The molecule has 3 N–H and O–H groups in total. The summed E-state index contributed by atoms with van der Waals surface area (Å²) in [6, 6.07) is 6.72. The fourth-order valence-electron chi connectivity index (χ4n) is 1.24. The Morgan fingerprint density at radius 1 is 1.31 bits per heavy atom. The molecule has 0 aliphatic carbocycles. The fourth-order valence-corrected chi connectivity index (χ4v) is 1.24. The lowest BCUT2D eigenvalue weighted by molar-refractivity contribution is 0.0437. The van der Waals surface area contributed by atoms with Gasteiger partial charge in [-0.2, -0.15) is 0 Å². The van der Waals surface area contributed by atoms with Crippen LogP contribution in [0.2, 0.25) is 0 Å². The van der Waals surface area contributed by atoms with E-state index in [-0.39, 0.29) is 5.75 Å². The summed E-state index contributed by atoms with van der Waals surface area (Å²) in [4.78, 5) is 0. The smallest absolute Gasteiger partial charge is 0.115 e. The van der Waals surface area contributed by atoms with E-state index in [1.54, 1.807) is 24.3 Å². The Morgan fingerprint density at radius 2 is 2.00 bits per heavy atom. The van der Waals surface area contributed by atoms with Crippen molar-refractivity contribution in [2.24, 2.45) is 0 Å². The Hall–Kier alpha value is -1.26. The number of phenolic OH excluding ortho intramolecular Hbond substituents is 1. The number of benzene rings is 1. The standard InChI is InChI=1S/C12H19NO3/c1-2-7-16-9-12(15)8-13-10-3-5-11(14)6-4-10/h3-6,12-15H,2,7-9H2,1H3. The van der Waals surface area contributed by atoms with Crippen LogP contribution in [0.3, 0.4) is 0 Å². The van der Waals surface area contributed by atoms with Crippen LogP contribution in [0, 0.1) is 0 Å². The van der Waals surface area contributed by atoms with Crippen molar-refractivity contribution < 1.29 is 14.9 Å². The van der Waals surface area contributed by atoms with Crippen LogP contribution < -0.4 is 5.32 Å². The Kier molecular flexibility index (Phi) is 5.67. The number of ether oxygens (including phenoxy) is 1. The molecule has 0 saturated carbocycles. The number of aromatic hydroxyl groups is 1. The van der Waals surface area contributed by atoms with Gasteiger partial charge in [0.05, 0.1) is 12.7 Å². The van der Waals surface area contributed by atoms with E-state index in [9.17, 15) is 5.11 Å². The molecule has 0 heterocycles. The highest BCUT2D eigenvalue weighted by atomic mass is 16.5. The number of hydrogen-bond donors (Lipinski definition) is 3. The van der Waals surface area contributed by atoms with Gasteiger partial charge in [-0.25, -0.2) is 0 Å². The molecule has 90 valence electrons. The largest absolute Gasteiger partial charge is 0.508 e. The van der Waals surface area contributed by atoms with Gasteiger partial charge in [-0.15, -0.1) is 0 Å². The van der Waals surface area contributed by atoms with Gasteiger partial charge in [-0.05, 0) is 30.7 Å². The molecule has 1 atom stereocenters. The molecule has 4 nitrogen and oxygen atoms in total. The molecule has 0 radical (unpaired) electrons. The predicted molar refractivity (Wildman–Crippen MR) is 63.7 cm³/mol. The summed E-state index contributed by atoms with van der Waals surface area (Å²) in [5, 5.41) is 21.7. The maximum absolute atomic E-state index is 9.55. The predicted octanol–water partition coefficient (Wildman–Crippen LogP) is 1.59. The monoisotopic (exact) mass is 225 g/mol. The molecule has 4 heteroatoms. The van der Waals surface area contributed by atoms with Crippen LogP contribution in [0.5, 0.6) is 5.75 Å². The quantitative estimate of drug-likeness (QED) is 0.487. The van der Waals surface area contributed by atoms with Crippen LogP contribution in [-0.2, 0) is 4.74 Å². The van der Waals surface area contributed by atoms with Gasteiger partial charge in [0.15, 0.2) is 0 Å². The summed E-state index contributed by atoms with van der Waals surface area (Å²) in [6.45, 7) is 3.49. The second-order valence-corrected chi connectivity index (χ2v) is 3.66. The van der Waals surface area contributed by atoms with Crippen molar-refractivity contribution in [2.45, 2.75) is 19.4 Å². The van der Waals surface area contributed by atoms with Crippen LogP contribution in [0.1, 0.15) is 13.3 Å². The molecule has 0 spiro atoms. The number of hydrogen-bond acceptors (Lipinski definition) is 4. The summed E-state index contributed by atoms with van der Waals surface area (Å²) in [6.07, 6.45) is 0.443. The third-order valence-corrected chi connectivity index (χ3v) is 2.07. The lowest BCUT2D eigenvalue weighted by Crippen LogP contribution is -2.24. The molecule has 16 heavy (non-hydrogen) atoms. The van der Waals surface area contributed by atoms with Crippen molar-refractivity contribution >= 4 is 5.69 Å². The Labute approximate surface area is 95.9 Å². The molecule has 1 aromatic carbocycles. The zero-order chi connectivity index (χ0) is 11.8. The Balaban J connectivity index is 2.20. The third-order valence-electron chi connectivity index (χ3n) is 2.07. The average molecular weight is 225 g/mol. The minimum absolute atomic E-state index is 0.234. The maximum Gasteiger partial charge on any atom is 0.115 e. The van der Waals surface area contributed by atoms with E-state index in [0.29, 0.717) is 19.8 Å². The molecule has 0 aliphatic rings. The number of anilines is 1. The molecule has 1 unspecified atom stereocenters. The first kappa shape index (κ1) is 12.8. The summed E-state index contributed by atoms with van der Waals surface area (Å²) in [5.74, 6) is 0.234. The van der Waals surface area contributed by atoms with Gasteiger partial charge in [0.1, 0.15) is 5.75 Å². The number of rotatable bonds is 7. The first-order valence-electron chi connectivity index (χ1n) is 5.51. The topological polar surface area (TPSA) is 61.7 Å². The van der Waals surface area contributed by atoms with Crippen molar-refractivity contribution in [3.63, 3.8) is 0 Å². The highest BCUT2D eigenvalue weighted by Crippen LogP contribution is 2.13. The zero-order valence-electron chi connectivity index (χ0n) is 9.52. The van der Waals surface area contributed by atoms with Crippen molar-refractivity contribution in [1.82, 2.24) is 0 Å². The first-order chi connectivity index (χ1) is 7.72. The lowest BCUT2D eigenvalue weighted by Gasteiger charge is -2.12. The van der Waals surface area contributed by atoms with E-state index in [1.807, 2.05) is 6.92 Å². The maximum atomic E-state index is 9.55. The molecule has 0 saturated heterocycles. The van der Waals surface area contributed by atoms with Crippen LogP contribution in [0.25, 0.3) is 0 Å². The highest BCUT2D eigenvalue weighted by Gasteiger charge is 2.03. The second-order valence-electron chi connectivity index (χ2n) is 3.66. The van der Waals surface area contributed by atoms with Crippen LogP contribution in [-0.4, -0.2) is 36.1 Å². The summed E-state index contributed by atoms with van der Waals surface area (Å²) >= 11 is 0. The molecule has 0 bridgehead atoms. The van der Waals surface area contributed by atoms with Crippen molar-refractivity contribution in [3.8, 4) is 5.75 Å². The lowest BCUT2D eigenvalue weighted by atomic mass is 10.3. The van der Waals surface area contributed by atoms with Gasteiger partial charge in [0.2, 0.25) is 0 Å². The van der Waals surface area contributed by atoms with Crippen LogP contribution in [0.4, 0.5) is 5.69 Å². The van der Waals surface area contributed by atoms with Crippen molar-refractivity contribution in [2.75, 3.05) is 25.1 Å². The fraction of sp³-hybridized carbons (Fsp3) is 0.500. The van der Waals surface area contributed by atoms with E-state index < -0.39 is 6.10 Å². The zero-order valence-corrected chi connectivity index (χ0v) is 9.52. The van der Waals surface area contributed by atoms with Crippen LogP contribution >= 0.6 is 0 Å². The number of nitrogens with one attached hydrogen (secondary N) is 1. The minimum Gasteiger partial charge on any atom is -0.508 e. The minimum atomic E-state index is -0.514. The van der Waals surface area contributed by atoms with Gasteiger partial charge in [-0.1, -0.05) is 6.92 Å². The van der Waals surface area contributed by atoms with Gasteiger partial charge in [0, 0.05) is 18.8 Å². The van der Waals surface area contributed by atoms with Crippen molar-refractivity contribution in [3.05, 3.63) is 24.3 Å². The van der Waals surface area contributed by atoms with Gasteiger partial charge in [-0.3, -0.25) is 0 Å². The van der Waals surface area contributed by atoms with E-state index in [4.69, 9.17) is 9.84 Å². The van der Waals surface area contributed by atoms with Crippen molar-refractivity contribution in [1.29, 1.82) is 0 Å². The number of aliphatic hydroxyl groups excluding tert-OH is 1. The van der Waals surface area contributed by atoms with Gasteiger partial charge < -0.3 is 20.3 Å². The molecule has 0 amide bonds. The molecule has 0 aliphatic heterocycles. The van der Waals surface area contributed by atoms with E-state index >= 15 is 0 Å². The Bertz CT molecular complexity index is 287. The van der Waals surface area contributed by atoms with E-state index in [0.717, 1.165) is 12.1 Å². The average Bonchev–Trinajstić information content (AvgIpc) is 2.29. The van der Waals surface area contributed by atoms with Gasteiger partial charge >= 0.3 is 0 Å². The second kappa shape index (κ2) is 7.09. The van der Waals surface area contributed by atoms with E-state index in [1.165, 1.54) is 0 Å². The third kappa shape index (κ3) is 5.00. The molecular formula is C12H19NO3. The Morgan fingerprint density at radius 3 is 2.62 bits per heavy atom. The number of aliphatic hydroxyl groups is 1. The first-order valence-corrected chi connectivity index (χ1v) is 5.51. The normalized spacial score (nSPS) is 12.4. The molecule has 0 fully saturated rings. The number of phenols is 1. The molecule has 1 aromatic rings. The van der Waals surface area contributed by atoms with E-state index in [2.05, 4.69) is 5.32 Å². The molecule has 0 aromatic heterocycles. The summed E-state index contributed by atoms with van der Waals surface area (Å²) < 4.78 is 5.22. The van der Waals surface area contributed by atoms with Crippen LogP contribution in [0.15, 0.2) is 24.3 Å². The summed E-state index contributed by atoms with van der Waals surface area (Å²) in [7, 11) is 0. The molecular weight excluding hydrogens is 206 g/mol. The SMILES string of the molecule is CCCOCC(O)CNc1ccc(O)cc1.